The van der Waals surface area contributed by atoms with E-state index in [0.717, 1.165) is 0 Å². The lowest BCUT2D eigenvalue weighted by Gasteiger charge is -2.05. The Labute approximate surface area is 124 Å². The van der Waals surface area contributed by atoms with Crippen LogP contribution in [0, 0.1) is 6.57 Å². The second-order valence-electron chi connectivity index (χ2n) is 4.20. The number of H-pyrrole nitrogens is 1. The molecule has 0 unspecified atom stereocenters. The number of aromatic nitrogens is 4. The molecule has 7 heteroatoms. The van der Waals surface area contributed by atoms with Crippen molar-refractivity contribution in [1.82, 2.24) is 19.5 Å². The summed E-state index contributed by atoms with van der Waals surface area (Å²) in [6.07, 6.45) is 7.65. The van der Waals surface area contributed by atoms with Crippen molar-refractivity contribution < 1.29 is 0 Å². The molecule has 0 aliphatic rings. The number of benzene rings is 1. The number of hydrogen-bond donors (Lipinski definition) is 1. The van der Waals surface area contributed by atoms with E-state index in [0.29, 0.717) is 27.4 Å². The largest absolute Gasteiger partial charge is 0.291 e. The topological polar surface area (TPSA) is 67.9 Å². The number of nitrogens with zero attached hydrogens (tertiary/aromatic N) is 4. The SMILES string of the molecule is [C-]#[N+]C=Cc1cc2c(=O)[nH]c(-n3ccnc3)nc2cc1Cl. The molecule has 0 saturated heterocycles. The molecule has 0 fully saturated rings. The van der Waals surface area contributed by atoms with Gasteiger partial charge < -0.3 is 0 Å². The first kappa shape index (κ1) is 13.1. The molecular formula is C14H8ClN5O. The van der Waals surface area contributed by atoms with Crippen LogP contribution in [-0.2, 0) is 0 Å². The highest BCUT2D eigenvalue weighted by atomic mass is 35.5. The Morgan fingerprint density at radius 3 is 3.00 bits per heavy atom. The smallest absolute Gasteiger partial charge is 0.260 e. The molecular weight excluding hydrogens is 290 g/mol. The summed E-state index contributed by atoms with van der Waals surface area (Å²) in [5, 5.41) is 0.838. The number of halogens is 1. The Bertz CT molecular complexity index is 934. The van der Waals surface area contributed by atoms with E-state index in [9.17, 15) is 4.79 Å². The van der Waals surface area contributed by atoms with Crippen molar-refractivity contribution in [2.24, 2.45) is 0 Å². The van der Waals surface area contributed by atoms with Gasteiger partial charge in [0.1, 0.15) is 6.33 Å². The van der Waals surface area contributed by atoms with Crippen molar-refractivity contribution in [3.8, 4) is 5.95 Å². The van der Waals surface area contributed by atoms with Crippen LogP contribution in [0.1, 0.15) is 5.56 Å². The third-order valence-corrected chi connectivity index (χ3v) is 3.22. The highest BCUT2D eigenvalue weighted by Gasteiger charge is 2.08. The standard InChI is InChI=1S/C14H8ClN5O/c1-16-3-2-9-6-10-12(7-11(9)15)18-14(19-13(10)21)20-5-4-17-8-20/h2-8H,(H,18,19,21). The minimum atomic E-state index is -0.280. The first-order valence-electron chi connectivity index (χ1n) is 5.94. The molecule has 0 radical (unpaired) electrons. The average molecular weight is 298 g/mol. The van der Waals surface area contributed by atoms with Crippen LogP contribution >= 0.6 is 11.6 Å². The monoisotopic (exact) mass is 297 g/mol. The third-order valence-electron chi connectivity index (χ3n) is 2.89. The molecule has 1 aromatic carbocycles. The van der Waals surface area contributed by atoms with E-state index in [4.69, 9.17) is 18.2 Å². The van der Waals surface area contributed by atoms with E-state index in [1.165, 1.54) is 6.20 Å². The lowest BCUT2D eigenvalue weighted by molar-refractivity contribution is 0.929. The average Bonchev–Trinajstić information content (AvgIpc) is 2.99. The van der Waals surface area contributed by atoms with Crippen LogP contribution in [0.4, 0.5) is 0 Å². The second-order valence-corrected chi connectivity index (χ2v) is 4.60. The summed E-state index contributed by atoms with van der Waals surface area (Å²) < 4.78 is 1.60. The molecule has 2 heterocycles. The molecule has 0 aliphatic heterocycles. The van der Waals surface area contributed by atoms with Gasteiger partial charge in [-0.05, 0) is 17.7 Å². The van der Waals surface area contributed by atoms with Crippen LogP contribution in [0.5, 0.6) is 0 Å². The summed E-state index contributed by atoms with van der Waals surface area (Å²) in [5.41, 5.74) is 0.799. The lowest BCUT2D eigenvalue weighted by atomic mass is 10.1. The molecule has 3 aromatic rings. The Hall–Kier alpha value is -2.91. The third kappa shape index (κ3) is 2.42. The van der Waals surface area contributed by atoms with E-state index in [1.807, 2.05) is 0 Å². The summed E-state index contributed by atoms with van der Waals surface area (Å²) >= 11 is 6.14. The van der Waals surface area contributed by atoms with Crippen molar-refractivity contribution in [3.63, 3.8) is 0 Å². The first-order valence-corrected chi connectivity index (χ1v) is 6.32. The number of fused-ring (bicyclic) bond motifs is 1. The lowest BCUT2D eigenvalue weighted by Crippen LogP contribution is -2.13. The Kier molecular flexibility index (Phi) is 3.26. The maximum atomic E-state index is 12.2. The molecule has 102 valence electrons. The van der Waals surface area contributed by atoms with E-state index in [-0.39, 0.29) is 5.56 Å². The summed E-state index contributed by atoms with van der Waals surface area (Å²) in [6, 6.07) is 3.22. The van der Waals surface area contributed by atoms with Gasteiger partial charge in [0.05, 0.1) is 17.5 Å². The van der Waals surface area contributed by atoms with E-state index in [2.05, 4.69) is 19.8 Å². The van der Waals surface area contributed by atoms with Gasteiger partial charge in [0.15, 0.2) is 6.20 Å². The molecule has 6 nitrogen and oxygen atoms in total. The van der Waals surface area contributed by atoms with Gasteiger partial charge in [0, 0.05) is 17.4 Å². The molecule has 0 aliphatic carbocycles. The van der Waals surface area contributed by atoms with Gasteiger partial charge in [0.2, 0.25) is 5.95 Å². The van der Waals surface area contributed by atoms with Crippen LogP contribution < -0.4 is 5.56 Å². The van der Waals surface area contributed by atoms with Crippen molar-refractivity contribution in [2.75, 3.05) is 0 Å². The van der Waals surface area contributed by atoms with E-state index >= 15 is 0 Å². The van der Waals surface area contributed by atoms with Crippen molar-refractivity contribution in [3.05, 3.63) is 69.4 Å². The number of hydrogen-bond acceptors (Lipinski definition) is 3. The summed E-state index contributed by atoms with van der Waals surface area (Å²) in [7, 11) is 0. The number of nitrogens with one attached hydrogen (secondary N) is 1. The van der Waals surface area contributed by atoms with Gasteiger partial charge in [-0.15, -0.1) is 0 Å². The highest BCUT2D eigenvalue weighted by Crippen LogP contribution is 2.22. The maximum absolute atomic E-state index is 12.2. The van der Waals surface area contributed by atoms with Crippen molar-refractivity contribution in [2.45, 2.75) is 0 Å². The molecule has 21 heavy (non-hydrogen) atoms. The predicted octanol–water partition coefficient (Wildman–Crippen LogP) is 2.65. The first-order chi connectivity index (χ1) is 10.2. The number of aromatic amines is 1. The number of imidazole rings is 1. The normalized spacial score (nSPS) is 11.0. The maximum Gasteiger partial charge on any atom is 0.260 e. The zero-order valence-electron chi connectivity index (χ0n) is 10.6. The van der Waals surface area contributed by atoms with Crippen LogP contribution in [0.3, 0.4) is 0 Å². The van der Waals surface area contributed by atoms with Crippen LogP contribution in [-0.4, -0.2) is 19.5 Å². The minimum Gasteiger partial charge on any atom is -0.291 e. The van der Waals surface area contributed by atoms with Crippen molar-refractivity contribution >= 4 is 28.6 Å². The quantitative estimate of drug-likeness (QED) is 0.739. The highest BCUT2D eigenvalue weighted by molar-refractivity contribution is 6.32. The molecule has 0 spiro atoms. The second kappa shape index (κ2) is 5.23. The summed E-state index contributed by atoms with van der Waals surface area (Å²) in [4.78, 5) is 26.3. The van der Waals surface area contributed by atoms with Gasteiger partial charge >= 0.3 is 0 Å². The number of rotatable bonds is 2. The molecule has 3 rings (SSSR count). The van der Waals surface area contributed by atoms with E-state index < -0.39 is 0 Å². The molecule has 0 saturated carbocycles. The zero-order chi connectivity index (χ0) is 14.8. The van der Waals surface area contributed by atoms with Crippen molar-refractivity contribution in [1.29, 1.82) is 0 Å². The fraction of sp³-hybridized carbons (Fsp3) is 0. The summed E-state index contributed by atoms with van der Waals surface area (Å²) in [6.45, 7) is 6.74. The van der Waals surface area contributed by atoms with Crippen LogP contribution in [0.2, 0.25) is 5.02 Å². The molecule has 0 bridgehead atoms. The van der Waals surface area contributed by atoms with Gasteiger partial charge in [-0.3, -0.25) is 14.3 Å². The minimum absolute atomic E-state index is 0.280. The van der Waals surface area contributed by atoms with Gasteiger partial charge in [-0.25, -0.2) is 14.8 Å². The Morgan fingerprint density at radius 1 is 1.43 bits per heavy atom. The van der Waals surface area contributed by atoms with E-state index in [1.54, 1.807) is 41.5 Å². The zero-order valence-corrected chi connectivity index (χ0v) is 11.4. The molecule has 1 N–H and O–H groups in total. The van der Waals surface area contributed by atoms with Gasteiger partial charge in [0.25, 0.3) is 5.56 Å². The molecule has 0 amide bonds. The Morgan fingerprint density at radius 2 is 2.29 bits per heavy atom. The summed E-state index contributed by atoms with van der Waals surface area (Å²) in [5.74, 6) is 0.366. The fourth-order valence-corrected chi connectivity index (χ4v) is 2.14. The molecule has 0 atom stereocenters. The van der Waals surface area contributed by atoms with Crippen LogP contribution in [0.15, 0.2) is 41.8 Å². The fourth-order valence-electron chi connectivity index (χ4n) is 1.92. The molecule has 2 aromatic heterocycles. The van der Waals surface area contributed by atoms with Gasteiger partial charge in [-0.1, -0.05) is 17.7 Å². The van der Waals surface area contributed by atoms with Gasteiger partial charge in [-0.2, -0.15) is 0 Å². The van der Waals surface area contributed by atoms with Crippen LogP contribution in [0.25, 0.3) is 27.8 Å². The predicted molar refractivity (Wildman–Crippen MR) is 80.1 cm³/mol. The Balaban J connectivity index is 2.24.